The standard InChI is InChI=1S/C25H21NO6/c27-24(14-17(25(28)29)13-16-9-11-18(12-10-16)26(30)31)32-15-23-21-7-3-1-5-19(21)20-6-2-4-8-22(20)23/h1-12,17,23H,13-15H2,(H,28,29)/t17-/m1/s1. The van der Waals surface area contributed by atoms with Gasteiger partial charge in [0.1, 0.15) is 6.61 Å². The molecule has 0 aromatic heterocycles. The SMILES string of the molecule is O=C(C[C@@H](Cc1ccc([N+](=O)[O-])cc1)C(=O)O)OCC1c2ccccc2-c2ccccc21. The highest BCUT2D eigenvalue weighted by atomic mass is 16.6. The van der Waals surface area contributed by atoms with E-state index in [4.69, 9.17) is 4.74 Å². The summed E-state index contributed by atoms with van der Waals surface area (Å²) in [5.74, 6) is -2.77. The van der Waals surface area contributed by atoms with E-state index in [0.717, 1.165) is 22.3 Å². The highest BCUT2D eigenvalue weighted by Crippen LogP contribution is 2.44. The molecule has 1 atom stereocenters. The lowest BCUT2D eigenvalue weighted by molar-refractivity contribution is -0.384. The molecule has 0 saturated carbocycles. The molecule has 0 bridgehead atoms. The van der Waals surface area contributed by atoms with Gasteiger partial charge in [-0.25, -0.2) is 0 Å². The zero-order valence-corrected chi connectivity index (χ0v) is 17.1. The maximum atomic E-state index is 12.5. The lowest BCUT2D eigenvalue weighted by atomic mass is 9.96. The quantitative estimate of drug-likeness (QED) is 0.318. The van der Waals surface area contributed by atoms with Crippen molar-refractivity contribution in [2.24, 2.45) is 5.92 Å². The summed E-state index contributed by atoms with van der Waals surface area (Å²) in [5.41, 5.74) is 4.94. The van der Waals surface area contributed by atoms with Gasteiger partial charge in [-0.05, 0) is 34.2 Å². The van der Waals surface area contributed by atoms with Crippen LogP contribution in [0.2, 0.25) is 0 Å². The Kier molecular flexibility index (Phi) is 5.98. The predicted octanol–water partition coefficient (Wildman–Crippen LogP) is 4.58. The van der Waals surface area contributed by atoms with Crippen LogP contribution >= 0.6 is 0 Å². The number of nitrogens with zero attached hydrogens (tertiary/aromatic N) is 1. The van der Waals surface area contributed by atoms with Crippen LogP contribution in [-0.2, 0) is 20.7 Å². The van der Waals surface area contributed by atoms with Crippen LogP contribution in [0.25, 0.3) is 11.1 Å². The molecule has 4 rings (SSSR count). The summed E-state index contributed by atoms with van der Waals surface area (Å²) >= 11 is 0. The average Bonchev–Trinajstić information content (AvgIpc) is 3.11. The van der Waals surface area contributed by atoms with E-state index in [2.05, 4.69) is 0 Å². The van der Waals surface area contributed by atoms with Gasteiger partial charge in [-0.1, -0.05) is 60.7 Å². The number of nitro benzene ring substituents is 1. The number of carboxylic acid groups (broad SMARTS) is 1. The number of carbonyl (C=O) groups excluding carboxylic acids is 1. The van der Waals surface area contributed by atoms with Gasteiger partial charge in [0, 0.05) is 18.1 Å². The van der Waals surface area contributed by atoms with Gasteiger partial charge >= 0.3 is 11.9 Å². The van der Waals surface area contributed by atoms with Crippen molar-refractivity contribution in [3.8, 4) is 11.1 Å². The first-order valence-corrected chi connectivity index (χ1v) is 10.2. The summed E-state index contributed by atoms with van der Waals surface area (Å²) in [6, 6.07) is 21.6. The summed E-state index contributed by atoms with van der Waals surface area (Å²) in [6.07, 6.45) is -0.195. The first-order valence-electron chi connectivity index (χ1n) is 10.2. The highest BCUT2D eigenvalue weighted by Gasteiger charge is 2.30. The van der Waals surface area contributed by atoms with Crippen LogP contribution in [0.15, 0.2) is 72.8 Å². The number of ether oxygens (including phenoxy) is 1. The highest BCUT2D eigenvalue weighted by molar-refractivity contribution is 5.80. The largest absolute Gasteiger partial charge is 0.481 e. The summed E-state index contributed by atoms with van der Waals surface area (Å²) in [6.45, 7) is 0.136. The van der Waals surface area contributed by atoms with Crippen LogP contribution in [0.5, 0.6) is 0 Å². The molecule has 0 radical (unpaired) electrons. The van der Waals surface area contributed by atoms with Gasteiger partial charge in [0.05, 0.1) is 17.3 Å². The first kappa shape index (κ1) is 21.2. The van der Waals surface area contributed by atoms with Gasteiger partial charge in [0.25, 0.3) is 5.69 Å². The van der Waals surface area contributed by atoms with Gasteiger partial charge < -0.3 is 9.84 Å². The number of esters is 1. The van der Waals surface area contributed by atoms with E-state index in [1.165, 1.54) is 24.3 Å². The monoisotopic (exact) mass is 431 g/mol. The van der Waals surface area contributed by atoms with Crippen molar-refractivity contribution >= 4 is 17.6 Å². The molecule has 7 heteroatoms. The third-order valence-electron chi connectivity index (χ3n) is 5.77. The van der Waals surface area contributed by atoms with Crippen molar-refractivity contribution < 1.29 is 24.4 Å². The molecule has 1 aliphatic carbocycles. The molecule has 3 aromatic carbocycles. The van der Waals surface area contributed by atoms with Gasteiger partial charge in [0.2, 0.25) is 0 Å². The molecule has 1 N–H and O–H groups in total. The number of carboxylic acids is 1. The molecule has 0 unspecified atom stereocenters. The number of nitro groups is 1. The van der Waals surface area contributed by atoms with Crippen LogP contribution in [0.1, 0.15) is 29.0 Å². The number of fused-ring (bicyclic) bond motifs is 3. The second kappa shape index (κ2) is 9.01. The fraction of sp³-hybridized carbons (Fsp3) is 0.200. The van der Waals surface area contributed by atoms with Crippen LogP contribution in [0.3, 0.4) is 0 Å². The molecular formula is C25H21NO6. The molecule has 0 spiro atoms. The second-order valence-corrected chi connectivity index (χ2v) is 7.78. The van der Waals surface area contributed by atoms with Gasteiger partial charge in [-0.2, -0.15) is 0 Å². The van der Waals surface area contributed by atoms with Crippen LogP contribution < -0.4 is 0 Å². The number of benzene rings is 3. The minimum absolute atomic E-state index is 0.0721. The summed E-state index contributed by atoms with van der Waals surface area (Å²) in [4.78, 5) is 34.4. The molecule has 7 nitrogen and oxygen atoms in total. The predicted molar refractivity (Wildman–Crippen MR) is 117 cm³/mol. The molecule has 32 heavy (non-hydrogen) atoms. The first-order chi connectivity index (χ1) is 15.4. The Morgan fingerprint density at radius 3 is 2.03 bits per heavy atom. The lowest BCUT2D eigenvalue weighted by Gasteiger charge is -2.16. The Bertz CT molecular complexity index is 1130. The Hall–Kier alpha value is -4.00. The molecule has 0 fully saturated rings. The molecule has 1 aliphatic rings. The van der Waals surface area contributed by atoms with Crippen LogP contribution in [0, 0.1) is 16.0 Å². The van der Waals surface area contributed by atoms with E-state index in [1.807, 2.05) is 48.5 Å². The molecule has 0 saturated heterocycles. The number of aliphatic carboxylic acids is 1. The Labute approximate surface area is 184 Å². The lowest BCUT2D eigenvalue weighted by Crippen LogP contribution is -2.22. The van der Waals surface area contributed by atoms with E-state index in [9.17, 15) is 24.8 Å². The zero-order valence-electron chi connectivity index (χ0n) is 17.1. The molecule has 0 heterocycles. The number of hydrogen-bond acceptors (Lipinski definition) is 5. The van der Waals surface area contributed by atoms with Crippen molar-refractivity contribution in [1.82, 2.24) is 0 Å². The van der Waals surface area contributed by atoms with Gasteiger partial charge in [-0.15, -0.1) is 0 Å². The Balaban J connectivity index is 1.41. The van der Waals surface area contributed by atoms with E-state index in [-0.39, 0.29) is 31.1 Å². The minimum atomic E-state index is -1.11. The van der Waals surface area contributed by atoms with Crippen LogP contribution in [0.4, 0.5) is 5.69 Å². The minimum Gasteiger partial charge on any atom is -0.481 e. The van der Waals surface area contributed by atoms with Gasteiger partial charge in [-0.3, -0.25) is 19.7 Å². The molecule has 162 valence electrons. The average molecular weight is 431 g/mol. The molecule has 0 aliphatic heterocycles. The zero-order chi connectivity index (χ0) is 22.7. The Morgan fingerprint density at radius 1 is 0.938 bits per heavy atom. The van der Waals surface area contributed by atoms with Crippen molar-refractivity contribution in [3.63, 3.8) is 0 Å². The topological polar surface area (TPSA) is 107 Å². The maximum absolute atomic E-state index is 12.5. The van der Waals surface area contributed by atoms with E-state index in [1.54, 1.807) is 0 Å². The number of rotatable bonds is 8. The molecule has 0 amide bonds. The number of hydrogen-bond donors (Lipinski definition) is 1. The fourth-order valence-corrected chi connectivity index (χ4v) is 4.16. The third-order valence-corrected chi connectivity index (χ3v) is 5.77. The third kappa shape index (κ3) is 4.37. The van der Waals surface area contributed by atoms with Crippen LogP contribution in [-0.4, -0.2) is 28.6 Å². The summed E-state index contributed by atoms with van der Waals surface area (Å²) < 4.78 is 5.52. The Morgan fingerprint density at radius 2 is 1.50 bits per heavy atom. The number of carbonyl (C=O) groups is 2. The second-order valence-electron chi connectivity index (χ2n) is 7.78. The number of non-ortho nitro benzene ring substituents is 1. The summed E-state index contributed by atoms with van der Waals surface area (Å²) in [5, 5.41) is 20.3. The van der Waals surface area contributed by atoms with E-state index >= 15 is 0 Å². The van der Waals surface area contributed by atoms with Gasteiger partial charge in [0.15, 0.2) is 0 Å². The summed E-state index contributed by atoms with van der Waals surface area (Å²) in [7, 11) is 0. The van der Waals surface area contributed by atoms with Crippen molar-refractivity contribution in [1.29, 1.82) is 0 Å². The van der Waals surface area contributed by atoms with Crippen molar-refractivity contribution in [3.05, 3.63) is 99.6 Å². The van der Waals surface area contributed by atoms with E-state index in [0.29, 0.717) is 5.56 Å². The maximum Gasteiger partial charge on any atom is 0.307 e. The van der Waals surface area contributed by atoms with Crippen molar-refractivity contribution in [2.75, 3.05) is 6.61 Å². The van der Waals surface area contributed by atoms with Crippen molar-refractivity contribution in [2.45, 2.75) is 18.8 Å². The fourth-order valence-electron chi connectivity index (χ4n) is 4.16. The molecular weight excluding hydrogens is 410 g/mol. The smallest absolute Gasteiger partial charge is 0.307 e. The van der Waals surface area contributed by atoms with E-state index < -0.39 is 22.8 Å². The molecule has 3 aromatic rings. The normalized spacial score (nSPS) is 13.1.